The average Bonchev–Trinajstić information content (AvgIpc) is 2.60. The lowest BCUT2D eigenvalue weighted by Gasteiger charge is -2.11. The highest BCUT2D eigenvalue weighted by Crippen LogP contribution is 2.24. The van der Waals surface area contributed by atoms with E-state index >= 15 is 0 Å². The number of halogens is 1. The topological polar surface area (TPSA) is 17.1 Å². The van der Waals surface area contributed by atoms with Gasteiger partial charge in [-0.25, -0.2) is 0 Å². The monoisotopic (exact) mass is 248 g/mol. The molecule has 0 spiro atoms. The lowest BCUT2D eigenvalue weighted by Crippen LogP contribution is -2.36. The van der Waals surface area contributed by atoms with Gasteiger partial charge in [0.1, 0.15) is 0 Å². The van der Waals surface area contributed by atoms with Gasteiger partial charge in [-0.05, 0) is 40.5 Å². The van der Waals surface area contributed by atoms with E-state index in [4.69, 9.17) is 0 Å². The highest BCUT2D eigenvalue weighted by molar-refractivity contribution is 9.10. The molecule has 0 fully saturated rings. The Bertz CT molecular complexity index is 542. The Hall–Kier alpha value is -0.890. The van der Waals surface area contributed by atoms with Crippen molar-refractivity contribution in [3.8, 4) is 0 Å². The van der Waals surface area contributed by atoms with Gasteiger partial charge in [0.15, 0.2) is 5.78 Å². The van der Waals surface area contributed by atoms with Gasteiger partial charge in [-0.15, -0.1) is 0 Å². The highest BCUT2D eigenvalue weighted by atomic mass is 79.9. The van der Waals surface area contributed by atoms with Gasteiger partial charge in [0, 0.05) is 0 Å². The van der Waals surface area contributed by atoms with Crippen molar-refractivity contribution in [1.82, 2.24) is 0 Å². The van der Waals surface area contributed by atoms with Crippen molar-refractivity contribution in [2.24, 2.45) is 0 Å². The van der Waals surface area contributed by atoms with E-state index in [-0.39, 0.29) is 10.6 Å². The third-order valence-electron chi connectivity index (χ3n) is 3.02. The van der Waals surface area contributed by atoms with Crippen molar-refractivity contribution in [3.05, 3.63) is 34.2 Å². The molecule has 70 valence electrons. The van der Waals surface area contributed by atoms with Gasteiger partial charge >= 0.3 is 0 Å². The lowest BCUT2D eigenvalue weighted by atomic mass is 10.0. The summed E-state index contributed by atoms with van der Waals surface area (Å²) in [6.07, 6.45) is 3.87. The Balaban J connectivity index is 2.51. The van der Waals surface area contributed by atoms with Gasteiger partial charge in [-0.2, -0.15) is 0 Å². The predicted octanol–water partition coefficient (Wildman–Crippen LogP) is 0.910. The fraction of sp³-hybridized carbons (Fsp3) is 0.250. The molecule has 0 heterocycles. The van der Waals surface area contributed by atoms with Crippen LogP contribution in [0.15, 0.2) is 18.2 Å². The van der Waals surface area contributed by atoms with Crippen LogP contribution < -0.4 is 10.4 Å². The molecule has 2 aliphatic carbocycles. The largest absolute Gasteiger partial charge is 0.293 e. The third-order valence-corrected chi connectivity index (χ3v) is 4.03. The summed E-state index contributed by atoms with van der Waals surface area (Å²) < 4.78 is 0. The molecule has 0 aromatic heterocycles. The second-order valence-electron chi connectivity index (χ2n) is 3.82. The molecule has 14 heavy (non-hydrogen) atoms. The van der Waals surface area contributed by atoms with Crippen LogP contribution in [0.5, 0.6) is 0 Å². The summed E-state index contributed by atoms with van der Waals surface area (Å²) in [6, 6.07) is 6.23. The van der Waals surface area contributed by atoms with Gasteiger partial charge in [0.05, 0.1) is 4.83 Å². The molecule has 3 rings (SSSR count). The second-order valence-corrected chi connectivity index (χ2v) is 4.73. The standard InChI is InChI=1S/C12H9BrO/c13-12-9-5-4-7-2-1-3-8(11(7)9)6-10(12)14/h1-3,6,12H,4-5H2/t12-/m1/s1. The Kier molecular flexibility index (Phi) is 1.68. The SMILES string of the molecule is O=C1C=c2cccc3c2=C(CC3)[C@H]1Br. The average molecular weight is 249 g/mol. The number of Topliss-reactive ketones (excluding diaryl/α,β-unsaturated/α-hetero) is 1. The molecular formula is C12H9BrO. The van der Waals surface area contributed by atoms with E-state index in [0.717, 1.165) is 18.1 Å². The zero-order valence-corrected chi connectivity index (χ0v) is 9.17. The quantitative estimate of drug-likeness (QED) is 0.624. The minimum atomic E-state index is -0.0707. The molecule has 0 radical (unpaired) electrons. The molecule has 0 aliphatic heterocycles. The molecular weight excluding hydrogens is 240 g/mol. The molecule has 0 bridgehead atoms. The number of alkyl halides is 1. The van der Waals surface area contributed by atoms with Gasteiger partial charge in [0.25, 0.3) is 0 Å². The van der Waals surface area contributed by atoms with E-state index < -0.39 is 0 Å². The van der Waals surface area contributed by atoms with E-state index in [9.17, 15) is 4.79 Å². The molecule has 1 aromatic rings. The zero-order valence-electron chi connectivity index (χ0n) is 7.59. The van der Waals surface area contributed by atoms with Gasteiger partial charge in [-0.1, -0.05) is 34.1 Å². The molecule has 0 amide bonds. The van der Waals surface area contributed by atoms with Crippen molar-refractivity contribution in [3.63, 3.8) is 0 Å². The number of hydrogen-bond acceptors (Lipinski definition) is 1. The Morgan fingerprint density at radius 3 is 3.00 bits per heavy atom. The maximum atomic E-state index is 11.6. The number of hydrogen-bond donors (Lipinski definition) is 0. The van der Waals surface area contributed by atoms with Crippen LogP contribution in [-0.4, -0.2) is 10.6 Å². The van der Waals surface area contributed by atoms with Crippen molar-refractivity contribution in [2.45, 2.75) is 17.7 Å². The minimum absolute atomic E-state index is 0.0707. The smallest absolute Gasteiger partial charge is 0.174 e. The number of rotatable bonds is 0. The Labute approximate surface area is 90.3 Å². The summed E-state index contributed by atoms with van der Waals surface area (Å²) in [5, 5.41) is 2.43. The van der Waals surface area contributed by atoms with Gasteiger partial charge in [0.2, 0.25) is 0 Å². The number of ketones is 1. The first-order valence-corrected chi connectivity index (χ1v) is 5.69. The van der Waals surface area contributed by atoms with Crippen molar-refractivity contribution in [1.29, 1.82) is 0 Å². The molecule has 1 aromatic carbocycles. The summed E-state index contributed by atoms with van der Waals surface area (Å²) in [7, 11) is 0. The van der Waals surface area contributed by atoms with Crippen molar-refractivity contribution >= 4 is 33.4 Å². The fourth-order valence-electron chi connectivity index (χ4n) is 2.39. The molecule has 2 aliphatic rings. The molecule has 2 heteroatoms. The molecule has 0 saturated heterocycles. The zero-order chi connectivity index (χ0) is 9.71. The van der Waals surface area contributed by atoms with Crippen LogP contribution in [0.3, 0.4) is 0 Å². The van der Waals surface area contributed by atoms with E-state index in [1.807, 2.05) is 12.1 Å². The first-order chi connectivity index (χ1) is 6.77. The van der Waals surface area contributed by atoms with Crippen LogP contribution in [0.2, 0.25) is 0 Å². The lowest BCUT2D eigenvalue weighted by molar-refractivity contribution is -0.112. The number of aryl methyl sites for hydroxylation is 1. The van der Waals surface area contributed by atoms with Crippen molar-refractivity contribution < 1.29 is 4.79 Å². The fourth-order valence-corrected chi connectivity index (χ4v) is 2.98. The van der Waals surface area contributed by atoms with E-state index in [1.165, 1.54) is 16.4 Å². The van der Waals surface area contributed by atoms with Crippen molar-refractivity contribution in [2.75, 3.05) is 0 Å². The van der Waals surface area contributed by atoms with Crippen LogP contribution in [0.4, 0.5) is 0 Å². The van der Waals surface area contributed by atoms with Crippen LogP contribution >= 0.6 is 15.9 Å². The maximum Gasteiger partial charge on any atom is 0.174 e. The van der Waals surface area contributed by atoms with Gasteiger partial charge < -0.3 is 0 Å². The molecule has 1 atom stereocenters. The maximum absolute atomic E-state index is 11.6. The number of carbonyl (C=O) groups excluding carboxylic acids is 1. The third kappa shape index (κ3) is 0.976. The molecule has 0 N–H and O–H groups in total. The van der Waals surface area contributed by atoms with Crippen LogP contribution in [0, 0.1) is 0 Å². The highest BCUT2D eigenvalue weighted by Gasteiger charge is 2.26. The first-order valence-electron chi connectivity index (χ1n) is 4.78. The van der Waals surface area contributed by atoms with E-state index in [0.29, 0.717) is 0 Å². The number of benzene rings is 1. The second kappa shape index (κ2) is 2.80. The summed E-state index contributed by atoms with van der Waals surface area (Å²) in [5.41, 5.74) is 2.67. The van der Waals surface area contributed by atoms with Crippen LogP contribution in [0.25, 0.3) is 11.6 Å². The van der Waals surface area contributed by atoms with Crippen LogP contribution in [0.1, 0.15) is 12.0 Å². The summed E-state index contributed by atoms with van der Waals surface area (Å²) >= 11 is 3.47. The van der Waals surface area contributed by atoms with Gasteiger partial charge in [-0.3, -0.25) is 4.79 Å². The normalized spacial score (nSPS) is 23.4. The molecule has 1 nitrogen and oxygen atoms in total. The molecule has 0 unspecified atom stereocenters. The first kappa shape index (κ1) is 8.42. The number of carbonyl (C=O) groups is 1. The predicted molar refractivity (Wildman–Crippen MR) is 59.6 cm³/mol. The van der Waals surface area contributed by atoms with E-state index in [1.54, 1.807) is 6.08 Å². The van der Waals surface area contributed by atoms with Crippen LogP contribution in [-0.2, 0) is 11.2 Å². The Morgan fingerprint density at radius 2 is 2.14 bits per heavy atom. The Morgan fingerprint density at radius 1 is 1.29 bits per heavy atom. The summed E-state index contributed by atoms with van der Waals surface area (Å²) in [5.74, 6) is 0.187. The minimum Gasteiger partial charge on any atom is -0.293 e. The molecule has 0 saturated carbocycles. The van der Waals surface area contributed by atoms with E-state index in [2.05, 4.69) is 22.0 Å². The summed E-state index contributed by atoms with van der Waals surface area (Å²) in [4.78, 5) is 11.6. The summed E-state index contributed by atoms with van der Waals surface area (Å²) in [6.45, 7) is 0.